The van der Waals surface area contributed by atoms with Crippen LogP contribution >= 0.6 is 12.2 Å². The van der Waals surface area contributed by atoms with E-state index >= 15 is 0 Å². The minimum absolute atomic E-state index is 0.0719. The zero-order valence-electron chi connectivity index (χ0n) is 7.76. The Morgan fingerprint density at radius 2 is 2.27 bits per heavy atom. The van der Waals surface area contributed by atoms with Crippen LogP contribution in [0.3, 0.4) is 0 Å². The van der Waals surface area contributed by atoms with Crippen molar-refractivity contribution in [3.63, 3.8) is 0 Å². The third-order valence-corrected chi connectivity index (χ3v) is 1.89. The van der Waals surface area contributed by atoms with Crippen LogP contribution in [0.15, 0.2) is 23.2 Å². The molecule has 0 aliphatic carbocycles. The van der Waals surface area contributed by atoms with E-state index in [2.05, 4.69) is 17.2 Å². The van der Waals surface area contributed by atoms with Crippen molar-refractivity contribution in [3.05, 3.63) is 39.4 Å². The van der Waals surface area contributed by atoms with Gasteiger partial charge in [-0.15, -0.1) is 0 Å². The topological polar surface area (TPSA) is 72.6 Å². The molecule has 0 atom stereocenters. The lowest BCUT2D eigenvalue weighted by atomic mass is 10.1. The Hall–Kier alpha value is -1.91. The summed E-state index contributed by atoms with van der Waals surface area (Å²) in [5, 5.41) is 12.6. The molecule has 15 heavy (non-hydrogen) atoms. The van der Waals surface area contributed by atoms with Gasteiger partial charge in [0.2, 0.25) is 0 Å². The average molecular weight is 222 g/mol. The molecular weight excluding hydrogens is 216 g/mol. The molecule has 0 aliphatic rings. The summed E-state index contributed by atoms with van der Waals surface area (Å²) in [5.41, 5.74) is 0.0965. The molecule has 1 aromatic carbocycles. The largest absolute Gasteiger partial charge is 0.292 e. The molecule has 1 amide bonds. The maximum absolute atomic E-state index is 11.3. The summed E-state index contributed by atoms with van der Waals surface area (Å²) in [6, 6.07) is 4.44. The third-order valence-electron chi connectivity index (χ3n) is 1.80. The molecular formula is C9H6N2O3S. The van der Waals surface area contributed by atoms with Gasteiger partial charge in [-0.3, -0.25) is 14.9 Å². The van der Waals surface area contributed by atoms with E-state index in [0.717, 1.165) is 0 Å². The number of hydrogen-bond donors (Lipinski definition) is 0. The lowest BCUT2D eigenvalue weighted by Crippen LogP contribution is -2.02. The lowest BCUT2D eigenvalue weighted by molar-refractivity contribution is -0.385. The monoisotopic (exact) mass is 222 g/mol. The number of amides is 1. The molecule has 0 bridgehead atoms. The fourth-order valence-electron chi connectivity index (χ4n) is 1.18. The number of isothiocyanates is 1. The lowest BCUT2D eigenvalue weighted by Gasteiger charge is -2.00. The van der Waals surface area contributed by atoms with Crippen molar-refractivity contribution >= 4 is 29.0 Å². The molecule has 0 spiro atoms. The van der Waals surface area contributed by atoms with E-state index in [1.54, 1.807) is 19.1 Å². The fourth-order valence-corrected chi connectivity index (χ4v) is 1.26. The Labute approximate surface area is 90.6 Å². The Morgan fingerprint density at radius 3 is 2.80 bits per heavy atom. The van der Waals surface area contributed by atoms with Crippen molar-refractivity contribution in [2.45, 2.75) is 6.92 Å². The first kappa shape index (κ1) is 11.2. The molecule has 0 heterocycles. The van der Waals surface area contributed by atoms with Crippen molar-refractivity contribution in [1.82, 2.24) is 0 Å². The third kappa shape index (κ3) is 2.31. The van der Waals surface area contributed by atoms with Crippen LogP contribution in [0.25, 0.3) is 0 Å². The number of para-hydroxylation sites is 1. The van der Waals surface area contributed by atoms with Crippen LogP contribution in [0.5, 0.6) is 0 Å². The van der Waals surface area contributed by atoms with Gasteiger partial charge in [-0.2, -0.15) is 4.99 Å². The first-order valence-corrected chi connectivity index (χ1v) is 4.35. The van der Waals surface area contributed by atoms with Crippen molar-refractivity contribution in [3.8, 4) is 0 Å². The van der Waals surface area contributed by atoms with E-state index in [-0.39, 0.29) is 11.3 Å². The van der Waals surface area contributed by atoms with Gasteiger partial charge in [-0.25, -0.2) is 0 Å². The standard InChI is InChI=1S/C9H6N2O3S/c1-6-3-2-4-7(8(6)11(13)14)9(12)10-5-15/h2-4H,1H3. The molecule has 0 N–H and O–H groups in total. The van der Waals surface area contributed by atoms with Gasteiger partial charge in [0.1, 0.15) is 5.56 Å². The van der Waals surface area contributed by atoms with Crippen molar-refractivity contribution in [1.29, 1.82) is 0 Å². The van der Waals surface area contributed by atoms with E-state index < -0.39 is 10.8 Å². The van der Waals surface area contributed by atoms with Gasteiger partial charge in [-0.1, -0.05) is 12.1 Å². The van der Waals surface area contributed by atoms with Crippen LogP contribution in [0.1, 0.15) is 15.9 Å². The molecule has 0 radical (unpaired) electrons. The summed E-state index contributed by atoms with van der Waals surface area (Å²) in [6.45, 7) is 1.55. The molecule has 5 nitrogen and oxygen atoms in total. The van der Waals surface area contributed by atoms with Gasteiger partial charge >= 0.3 is 0 Å². The Morgan fingerprint density at radius 1 is 1.60 bits per heavy atom. The van der Waals surface area contributed by atoms with Crippen LogP contribution in [0.2, 0.25) is 0 Å². The summed E-state index contributed by atoms with van der Waals surface area (Å²) in [4.78, 5) is 24.6. The van der Waals surface area contributed by atoms with Crippen LogP contribution in [0, 0.1) is 17.0 Å². The second-order valence-corrected chi connectivity index (χ2v) is 2.92. The van der Waals surface area contributed by atoms with Crippen molar-refractivity contribution < 1.29 is 9.72 Å². The number of hydrogen-bond acceptors (Lipinski definition) is 4. The molecule has 0 saturated heterocycles. The second kappa shape index (κ2) is 4.54. The minimum atomic E-state index is -0.750. The normalized spacial score (nSPS) is 9.13. The summed E-state index contributed by atoms with van der Waals surface area (Å²) < 4.78 is 0. The number of benzene rings is 1. The van der Waals surface area contributed by atoms with E-state index in [0.29, 0.717) is 5.56 Å². The first-order valence-electron chi connectivity index (χ1n) is 3.94. The molecule has 1 rings (SSSR count). The van der Waals surface area contributed by atoms with Crippen molar-refractivity contribution in [2.75, 3.05) is 0 Å². The number of nitro benzene ring substituents is 1. The van der Waals surface area contributed by atoms with E-state index in [1.165, 1.54) is 6.07 Å². The summed E-state index contributed by atoms with van der Waals surface area (Å²) in [5.74, 6) is -0.750. The number of thiocarbonyl (C=S) groups is 1. The van der Waals surface area contributed by atoms with Gasteiger partial charge in [0, 0.05) is 5.56 Å². The smallest absolute Gasteiger partial charge is 0.266 e. The second-order valence-electron chi connectivity index (χ2n) is 2.74. The van der Waals surface area contributed by atoms with Crippen molar-refractivity contribution in [2.24, 2.45) is 4.99 Å². The van der Waals surface area contributed by atoms with Gasteiger partial charge in [0.25, 0.3) is 11.6 Å². The van der Waals surface area contributed by atoms with Gasteiger partial charge in [0.05, 0.1) is 10.1 Å². The first-order chi connectivity index (χ1) is 7.07. The van der Waals surface area contributed by atoms with Crippen LogP contribution < -0.4 is 0 Å². The van der Waals surface area contributed by atoms with E-state index in [4.69, 9.17) is 0 Å². The quantitative estimate of drug-likeness (QED) is 0.332. The summed E-state index contributed by atoms with van der Waals surface area (Å²) in [6.07, 6.45) is 0. The molecule has 6 heteroatoms. The molecule has 1 aromatic rings. The zero-order chi connectivity index (χ0) is 11.4. The maximum atomic E-state index is 11.3. The summed E-state index contributed by atoms with van der Waals surface area (Å²) >= 11 is 4.26. The molecule has 76 valence electrons. The highest BCUT2D eigenvalue weighted by Crippen LogP contribution is 2.23. The number of aryl methyl sites for hydroxylation is 1. The van der Waals surface area contributed by atoms with Gasteiger partial charge in [0.15, 0.2) is 0 Å². The van der Waals surface area contributed by atoms with E-state index in [9.17, 15) is 14.9 Å². The van der Waals surface area contributed by atoms with Gasteiger partial charge < -0.3 is 0 Å². The zero-order valence-corrected chi connectivity index (χ0v) is 8.58. The van der Waals surface area contributed by atoms with E-state index in [1.807, 2.05) is 5.16 Å². The number of carbonyl (C=O) groups excluding carboxylic acids is 1. The van der Waals surface area contributed by atoms with Crippen LogP contribution in [-0.2, 0) is 0 Å². The Balaban J connectivity index is 3.41. The molecule has 0 aromatic heterocycles. The van der Waals surface area contributed by atoms with Crippen LogP contribution in [0.4, 0.5) is 5.69 Å². The fraction of sp³-hybridized carbons (Fsp3) is 0.111. The minimum Gasteiger partial charge on any atom is -0.266 e. The Kier molecular flexibility index (Phi) is 3.38. The number of nitrogens with zero attached hydrogens (tertiary/aromatic N) is 2. The summed E-state index contributed by atoms with van der Waals surface area (Å²) in [7, 11) is 0. The molecule has 0 unspecified atom stereocenters. The maximum Gasteiger partial charge on any atom is 0.292 e. The average Bonchev–Trinajstić information content (AvgIpc) is 2.17. The highest BCUT2D eigenvalue weighted by molar-refractivity contribution is 7.78. The number of aliphatic imine (C=N–C) groups is 1. The molecule has 0 aliphatic heterocycles. The number of nitro groups is 1. The highest BCUT2D eigenvalue weighted by Gasteiger charge is 2.21. The number of rotatable bonds is 2. The van der Waals surface area contributed by atoms with Gasteiger partial charge in [-0.05, 0) is 25.2 Å². The SMILES string of the molecule is Cc1cccc(C(=O)N=C=S)c1[N+](=O)[O-]. The molecule has 0 fully saturated rings. The van der Waals surface area contributed by atoms with Crippen LogP contribution in [-0.4, -0.2) is 16.0 Å². The Bertz CT molecular complexity index is 478. The highest BCUT2D eigenvalue weighted by atomic mass is 32.1. The predicted molar refractivity (Wildman–Crippen MR) is 57.2 cm³/mol. The predicted octanol–water partition coefficient (Wildman–Crippen LogP) is 2.15. The number of carbonyl (C=O) groups is 1. The molecule has 0 saturated carbocycles.